The van der Waals surface area contributed by atoms with Gasteiger partial charge in [-0.1, -0.05) is 11.2 Å². The van der Waals surface area contributed by atoms with E-state index in [0.29, 0.717) is 17.1 Å². The number of amides is 1. The largest absolute Gasteiger partial charge is 0.368 e. The van der Waals surface area contributed by atoms with Gasteiger partial charge in [0, 0.05) is 25.0 Å². The number of hydrogen-bond acceptors (Lipinski definition) is 9. The van der Waals surface area contributed by atoms with Crippen molar-refractivity contribution in [2.45, 2.75) is 26.9 Å². The average molecular weight is 507 g/mol. The molecule has 0 unspecified atom stereocenters. The molecule has 190 valence electrons. The van der Waals surface area contributed by atoms with E-state index in [1.54, 1.807) is 26.2 Å². The van der Waals surface area contributed by atoms with Crippen molar-refractivity contribution in [3.05, 3.63) is 87.1 Å². The number of aromatic nitrogens is 8. The molecule has 37 heavy (non-hydrogen) atoms. The van der Waals surface area contributed by atoms with Crippen molar-refractivity contribution in [2.75, 3.05) is 0 Å². The number of carbonyl (C=O) groups is 1. The van der Waals surface area contributed by atoms with Crippen molar-refractivity contribution in [3.63, 3.8) is 0 Å². The van der Waals surface area contributed by atoms with Crippen LogP contribution in [0.4, 0.5) is 4.39 Å². The van der Waals surface area contributed by atoms with Crippen LogP contribution in [-0.4, -0.2) is 44.7 Å². The van der Waals surface area contributed by atoms with E-state index >= 15 is 0 Å². The zero-order valence-corrected chi connectivity index (χ0v) is 20.1. The van der Waals surface area contributed by atoms with E-state index < -0.39 is 17.2 Å². The number of aryl methyl sites for hydroxylation is 3. The van der Waals surface area contributed by atoms with Crippen molar-refractivity contribution >= 4 is 17.1 Å². The number of halogens is 1. The van der Waals surface area contributed by atoms with Crippen LogP contribution in [0.15, 0.2) is 57.1 Å². The quantitative estimate of drug-likeness (QED) is 0.360. The Morgan fingerprint density at radius 3 is 2.57 bits per heavy atom. The summed E-state index contributed by atoms with van der Waals surface area (Å²) < 4.78 is 21.6. The van der Waals surface area contributed by atoms with Crippen molar-refractivity contribution in [1.82, 2.24) is 38.8 Å². The molecule has 0 saturated carbocycles. The molecular weight excluding hydrogens is 485 g/mol. The number of pyridine rings is 2. The highest BCUT2D eigenvalue weighted by atomic mass is 19.1. The highest BCUT2D eigenvalue weighted by molar-refractivity contribution is 5.77. The second kappa shape index (κ2) is 10.3. The van der Waals surface area contributed by atoms with Gasteiger partial charge in [-0.05, 0) is 32.0 Å². The summed E-state index contributed by atoms with van der Waals surface area (Å²) in [7, 11) is 1.47. The summed E-state index contributed by atoms with van der Waals surface area (Å²) in [5.74, 6) is -0.406. The van der Waals surface area contributed by atoms with Gasteiger partial charge in [-0.15, -0.1) is 0 Å². The summed E-state index contributed by atoms with van der Waals surface area (Å²) in [5.41, 5.74) is 6.07. The van der Waals surface area contributed by atoms with Gasteiger partial charge in [-0.25, -0.2) is 18.7 Å². The SMILES string of the molecule is Cc1ncc(-c2ccccn2)cc1F.Cc1noc(Cn2c(=O)c3c(ncn3CC(N)=O)n(C)c2=O)n1. The van der Waals surface area contributed by atoms with E-state index in [9.17, 15) is 18.8 Å². The summed E-state index contributed by atoms with van der Waals surface area (Å²) in [4.78, 5) is 52.1. The molecule has 14 heteroatoms. The lowest BCUT2D eigenvalue weighted by Gasteiger charge is -2.07. The monoisotopic (exact) mass is 507 g/mol. The van der Waals surface area contributed by atoms with Crippen LogP contribution in [0.1, 0.15) is 17.4 Å². The lowest BCUT2D eigenvalue weighted by Crippen LogP contribution is -2.40. The van der Waals surface area contributed by atoms with Crippen molar-refractivity contribution < 1.29 is 13.7 Å². The molecular formula is C23H22FN9O4. The van der Waals surface area contributed by atoms with Crippen LogP contribution < -0.4 is 17.0 Å². The van der Waals surface area contributed by atoms with Crippen LogP contribution in [0.3, 0.4) is 0 Å². The Labute approximate surface area is 208 Å². The Kier molecular flexibility index (Phi) is 6.99. The Balaban J connectivity index is 0.000000195. The maximum absolute atomic E-state index is 13.2. The van der Waals surface area contributed by atoms with Crippen LogP contribution in [-0.2, 0) is 24.9 Å². The smallest absolute Gasteiger partial charge is 0.332 e. The standard InChI is InChI=1S/C12H13N7O4.C11H9FN2/c1-6-15-8(23-16-6)4-19-11(21)9-10(17(2)12(19)22)14-5-18(9)3-7(13)20;1-8-10(12)6-9(7-14-8)11-4-2-3-5-13-11/h5H,3-4H2,1-2H3,(H2,13,20);2-7H,1H3. The Bertz CT molecular complexity index is 1700. The first-order valence-corrected chi connectivity index (χ1v) is 10.9. The van der Waals surface area contributed by atoms with Gasteiger partial charge in [0.05, 0.1) is 17.7 Å². The van der Waals surface area contributed by atoms with Gasteiger partial charge in [-0.3, -0.25) is 24.1 Å². The van der Waals surface area contributed by atoms with E-state index in [1.807, 2.05) is 18.2 Å². The van der Waals surface area contributed by atoms with Crippen LogP contribution in [0.25, 0.3) is 22.4 Å². The molecule has 0 aromatic carbocycles. The Hall–Kier alpha value is -5.01. The fourth-order valence-electron chi connectivity index (χ4n) is 3.47. The highest BCUT2D eigenvalue weighted by Crippen LogP contribution is 2.17. The normalized spacial score (nSPS) is 10.8. The predicted molar refractivity (Wildman–Crippen MR) is 129 cm³/mol. The molecule has 1 amide bonds. The van der Waals surface area contributed by atoms with Crippen LogP contribution in [0.2, 0.25) is 0 Å². The Morgan fingerprint density at radius 1 is 1.16 bits per heavy atom. The number of nitrogens with two attached hydrogens (primary N) is 1. The van der Waals surface area contributed by atoms with Crippen LogP contribution in [0.5, 0.6) is 0 Å². The molecule has 0 aliphatic rings. The number of fused-ring (bicyclic) bond motifs is 1. The summed E-state index contributed by atoms with van der Waals surface area (Å²) in [6, 6.07) is 6.96. The molecule has 5 rings (SSSR count). The molecule has 0 fully saturated rings. The molecule has 13 nitrogen and oxygen atoms in total. The third kappa shape index (κ3) is 5.32. The summed E-state index contributed by atoms with van der Waals surface area (Å²) in [6.07, 6.45) is 4.59. The van der Waals surface area contributed by atoms with E-state index in [-0.39, 0.29) is 36.0 Å². The molecule has 0 bridgehead atoms. The molecule has 5 aromatic heterocycles. The first kappa shape index (κ1) is 25.1. The van der Waals surface area contributed by atoms with Gasteiger partial charge in [0.15, 0.2) is 17.0 Å². The van der Waals surface area contributed by atoms with Gasteiger partial charge in [0.2, 0.25) is 11.8 Å². The maximum atomic E-state index is 13.2. The minimum Gasteiger partial charge on any atom is -0.368 e. The van der Waals surface area contributed by atoms with Gasteiger partial charge >= 0.3 is 5.69 Å². The summed E-state index contributed by atoms with van der Waals surface area (Å²) >= 11 is 0. The molecule has 0 saturated heterocycles. The minimum absolute atomic E-state index is 0.0992. The predicted octanol–water partition coefficient (Wildman–Crippen LogP) is 0.713. The molecule has 0 aliphatic heterocycles. The minimum atomic E-state index is -0.628. The molecule has 5 heterocycles. The molecule has 0 aliphatic carbocycles. The number of rotatable bonds is 5. The summed E-state index contributed by atoms with van der Waals surface area (Å²) in [5, 5.41) is 3.61. The Morgan fingerprint density at radius 2 is 1.95 bits per heavy atom. The third-order valence-electron chi connectivity index (χ3n) is 5.28. The second-order valence-corrected chi connectivity index (χ2v) is 7.99. The zero-order chi connectivity index (χ0) is 26.7. The number of nitrogens with zero attached hydrogens (tertiary/aromatic N) is 8. The number of hydrogen-bond donors (Lipinski definition) is 1. The van der Waals surface area contributed by atoms with Crippen molar-refractivity contribution in [1.29, 1.82) is 0 Å². The molecule has 2 N–H and O–H groups in total. The topological polar surface area (TPSA) is 170 Å². The van der Waals surface area contributed by atoms with Crippen LogP contribution in [0, 0.1) is 19.7 Å². The van der Waals surface area contributed by atoms with Crippen molar-refractivity contribution in [3.8, 4) is 11.3 Å². The zero-order valence-electron chi connectivity index (χ0n) is 20.1. The number of imidazole rings is 1. The van der Waals surface area contributed by atoms with E-state index in [0.717, 1.165) is 10.3 Å². The van der Waals surface area contributed by atoms with E-state index in [2.05, 4.69) is 25.1 Å². The van der Waals surface area contributed by atoms with Gasteiger partial charge in [-0.2, -0.15) is 4.98 Å². The summed E-state index contributed by atoms with van der Waals surface area (Å²) in [6.45, 7) is 2.87. The van der Waals surface area contributed by atoms with Crippen molar-refractivity contribution in [2.24, 2.45) is 12.8 Å². The van der Waals surface area contributed by atoms with Gasteiger partial charge in [0.1, 0.15) is 18.9 Å². The molecule has 0 spiro atoms. The average Bonchev–Trinajstić information content (AvgIpc) is 3.48. The number of primary amides is 1. The third-order valence-corrected chi connectivity index (χ3v) is 5.28. The fraction of sp³-hybridized carbons (Fsp3) is 0.217. The van der Waals surface area contributed by atoms with Gasteiger partial charge in [0.25, 0.3) is 5.56 Å². The van der Waals surface area contributed by atoms with E-state index in [1.165, 1.54) is 28.6 Å². The van der Waals surface area contributed by atoms with Crippen LogP contribution >= 0.6 is 0 Å². The lowest BCUT2D eigenvalue weighted by atomic mass is 10.2. The molecule has 5 aromatic rings. The lowest BCUT2D eigenvalue weighted by molar-refractivity contribution is -0.118. The fourth-order valence-corrected chi connectivity index (χ4v) is 3.47. The first-order chi connectivity index (χ1) is 17.7. The number of carbonyl (C=O) groups excluding carboxylic acids is 1. The molecule has 0 atom stereocenters. The van der Waals surface area contributed by atoms with E-state index in [4.69, 9.17) is 10.3 Å². The first-order valence-electron chi connectivity index (χ1n) is 10.9. The molecule has 0 radical (unpaired) electrons. The maximum Gasteiger partial charge on any atom is 0.332 e. The van der Waals surface area contributed by atoms with Gasteiger partial charge < -0.3 is 14.8 Å². The second-order valence-electron chi connectivity index (χ2n) is 7.99. The highest BCUT2D eigenvalue weighted by Gasteiger charge is 2.18.